The molecule has 0 spiro atoms. The minimum atomic E-state index is -1.21. The Morgan fingerprint density at radius 2 is 1.52 bits per heavy atom. The van der Waals surface area contributed by atoms with Crippen LogP contribution in [-0.4, -0.2) is 36.4 Å². The highest BCUT2D eigenvalue weighted by molar-refractivity contribution is 9.09. The molecule has 0 amide bonds. The topological polar surface area (TPSA) is 61.8 Å². The first-order valence-electron chi connectivity index (χ1n) is 10.5. The molecule has 0 saturated heterocycles. The van der Waals surface area contributed by atoms with Gasteiger partial charge in [0.05, 0.1) is 12.7 Å². The molecule has 156 valence electrons. The predicted molar refractivity (Wildman–Crippen MR) is 110 cm³/mol. The van der Waals surface area contributed by atoms with E-state index in [1.807, 2.05) is 0 Å². The van der Waals surface area contributed by atoms with Gasteiger partial charge in [-0.25, -0.2) is 4.79 Å². The van der Waals surface area contributed by atoms with Gasteiger partial charge in [0, 0.05) is 5.33 Å². The highest BCUT2D eigenvalue weighted by atomic mass is 79.9. The van der Waals surface area contributed by atoms with E-state index in [0.717, 1.165) is 12.8 Å². The van der Waals surface area contributed by atoms with Gasteiger partial charge in [0.15, 0.2) is 0 Å². The van der Waals surface area contributed by atoms with E-state index in [1.54, 1.807) is 0 Å². The molecule has 0 N–H and O–H groups in total. The molecule has 0 radical (unpaired) electrons. The zero-order chi connectivity index (χ0) is 19.7. The fourth-order valence-electron chi connectivity index (χ4n) is 2.97. The number of hydrogen-bond acceptors (Lipinski definition) is 5. The van der Waals surface area contributed by atoms with Gasteiger partial charge in [0.1, 0.15) is 6.61 Å². The number of unbranched alkanes of at least 4 members (excludes halogenated alkanes) is 11. The van der Waals surface area contributed by atoms with Crippen LogP contribution in [-0.2, 0) is 23.8 Å². The lowest BCUT2D eigenvalue weighted by Crippen LogP contribution is -2.30. The Morgan fingerprint density at radius 1 is 0.963 bits per heavy atom. The highest BCUT2D eigenvalue weighted by Crippen LogP contribution is 2.17. The summed E-state index contributed by atoms with van der Waals surface area (Å²) in [5, 5.41) is 0.523. The number of carbonyl (C=O) groups excluding carboxylic acids is 2. The van der Waals surface area contributed by atoms with Crippen LogP contribution in [0, 0.1) is 0 Å². The summed E-state index contributed by atoms with van der Waals surface area (Å²) in [6, 6.07) is 0. The van der Waals surface area contributed by atoms with Gasteiger partial charge < -0.3 is 14.2 Å². The molecule has 0 bridgehead atoms. The molecule has 0 aromatic carbocycles. The van der Waals surface area contributed by atoms with Crippen LogP contribution in [0.5, 0.6) is 0 Å². The van der Waals surface area contributed by atoms with Crippen molar-refractivity contribution < 1.29 is 23.8 Å². The SMILES string of the molecule is CCCCCCCCCCCCCCOC1=CC(=O)C(C(=O)OCCBr)O1. The summed E-state index contributed by atoms with van der Waals surface area (Å²) in [5.41, 5.74) is 0. The van der Waals surface area contributed by atoms with E-state index in [-0.39, 0.29) is 12.6 Å². The summed E-state index contributed by atoms with van der Waals surface area (Å²) >= 11 is 3.16. The normalized spacial score (nSPS) is 16.1. The molecule has 1 atom stereocenters. The molecule has 1 rings (SSSR count). The molecule has 0 fully saturated rings. The van der Waals surface area contributed by atoms with E-state index in [0.29, 0.717) is 11.9 Å². The number of halogens is 1. The summed E-state index contributed by atoms with van der Waals surface area (Å²) in [5.74, 6) is -0.956. The average molecular weight is 447 g/mol. The van der Waals surface area contributed by atoms with Crippen molar-refractivity contribution in [3.05, 3.63) is 12.0 Å². The standard InChI is InChI=1S/C21H35BrO5/c1-2-3-4-5-6-7-8-9-10-11-12-13-15-25-19-17-18(23)20(27-19)21(24)26-16-14-22/h17,20H,2-16H2,1H3. The van der Waals surface area contributed by atoms with Crippen LogP contribution in [0.15, 0.2) is 12.0 Å². The Labute approximate surface area is 172 Å². The zero-order valence-electron chi connectivity index (χ0n) is 16.7. The van der Waals surface area contributed by atoms with Crippen molar-refractivity contribution in [1.29, 1.82) is 0 Å². The monoisotopic (exact) mass is 446 g/mol. The molecule has 1 aliphatic heterocycles. The van der Waals surface area contributed by atoms with Gasteiger partial charge in [-0.1, -0.05) is 93.5 Å². The second kappa shape index (κ2) is 16.0. The number of esters is 1. The van der Waals surface area contributed by atoms with Gasteiger partial charge in [-0.05, 0) is 6.42 Å². The first kappa shape index (κ1) is 24.0. The van der Waals surface area contributed by atoms with Crippen LogP contribution in [0.2, 0.25) is 0 Å². The number of ether oxygens (including phenoxy) is 3. The third kappa shape index (κ3) is 11.4. The van der Waals surface area contributed by atoms with E-state index in [2.05, 4.69) is 22.9 Å². The Morgan fingerprint density at radius 3 is 2.07 bits per heavy atom. The van der Waals surface area contributed by atoms with Gasteiger partial charge in [0.25, 0.3) is 12.0 Å². The fraction of sp³-hybridized carbons (Fsp3) is 0.810. The Kier molecular flexibility index (Phi) is 14.2. The molecule has 0 aliphatic carbocycles. The van der Waals surface area contributed by atoms with Crippen molar-refractivity contribution in [3.63, 3.8) is 0 Å². The van der Waals surface area contributed by atoms with Gasteiger partial charge in [-0.3, -0.25) is 4.79 Å². The number of alkyl halides is 1. The number of ketones is 1. The molecule has 5 nitrogen and oxygen atoms in total. The van der Waals surface area contributed by atoms with Gasteiger partial charge in [-0.15, -0.1) is 0 Å². The van der Waals surface area contributed by atoms with Crippen LogP contribution in [0.25, 0.3) is 0 Å². The van der Waals surface area contributed by atoms with Gasteiger partial charge in [-0.2, -0.15) is 0 Å². The number of hydrogen-bond donors (Lipinski definition) is 0. The van der Waals surface area contributed by atoms with Crippen LogP contribution in [0.3, 0.4) is 0 Å². The Hall–Kier alpha value is -1.04. The van der Waals surface area contributed by atoms with Crippen LogP contribution in [0.1, 0.15) is 84.0 Å². The van der Waals surface area contributed by atoms with E-state index in [4.69, 9.17) is 14.2 Å². The number of rotatable bonds is 17. The van der Waals surface area contributed by atoms with Crippen LogP contribution >= 0.6 is 15.9 Å². The molecule has 1 aliphatic rings. The molecular weight excluding hydrogens is 412 g/mol. The summed E-state index contributed by atoms with van der Waals surface area (Å²) < 4.78 is 15.6. The van der Waals surface area contributed by atoms with Gasteiger partial charge in [0.2, 0.25) is 5.78 Å². The minimum Gasteiger partial charge on any atom is -0.465 e. The summed E-state index contributed by atoms with van der Waals surface area (Å²) in [6.45, 7) is 2.96. The molecule has 27 heavy (non-hydrogen) atoms. The van der Waals surface area contributed by atoms with Crippen LogP contribution < -0.4 is 0 Å². The van der Waals surface area contributed by atoms with Crippen molar-refractivity contribution in [2.45, 2.75) is 90.1 Å². The van der Waals surface area contributed by atoms with E-state index in [9.17, 15) is 9.59 Å². The lowest BCUT2D eigenvalue weighted by atomic mass is 10.1. The first-order valence-corrected chi connectivity index (χ1v) is 11.6. The molecular formula is C21H35BrO5. The van der Waals surface area contributed by atoms with Crippen molar-refractivity contribution in [1.82, 2.24) is 0 Å². The van der Waals surface area contributed by atoms with Crippen LogP contribution in [0.4, 0.5) is 0 Å². The smallest absolute Gasteiger partial charge is 0.355 e. The zero-order valence-corrected chi connectivity index (χ0v) is 18.3. The van der Waals surface area contributed by atoms with E-state index < -0.39 is 17.9 Å². The molecule has 0 saturated carbocycles. The quantitative estimate of drug-likeness (QED) is 0.128. The third-order valence-electron chi connectivity index (χ3n) is 4.53. The maximum atomic E-state index is 11.7. The second-order valence-electron chi connectivity index (χ2n) is 6.96. The predicted octanol–water partition coefficient (Wildman–Crippen LogP) is 5.45. The molecule has 0 aromatic rings. The lowest BCUT2D eigenvalue weighted by molar-refractivity contribution is -0.158. The van der Waals surface area contributed by atoms with Crippen molar-refractivity contribution in [2.75, 3.05) is 18.5 Å². The fourth-order valence-corrected chi connectivity index (χ4v) is 3.13. The van der Waals surface area contributed by atoms with Gasteiger partial charge >= 0.3 is 5.97 Å². The maximum Gasteiger partial charge on any atom is 0.355 e. The maximum absolute atomic E-state index is 11.7. The summed E-state index contributed by atoms with van der Waals surface area (Å²) in [6.07, 6.45) is 15.4. The van der Waals surface area contributed by atoms with E-state index in [1.165, 1.54) is 70.3 Å². The van der Waals surface area contributed by atoms with E-state index >= 15 is 0 Å². The summed E-state index contributed by atoms with van der Waals surface area (Å²) in [7, 11) is 0. The third-order valence-corrected chi connectivity index (χ3v) is 4.85. The van der Waals surface area contributed by atoms with Crippen molar-refractivity contribution >= 4 is 27.7 Å². The second-order valence-corrected chi connectivity index (χ2v) is 7.75. The number of carbonyl (C=O) groups is 2. The molecule has 0 aromatic heterocycles. The van der Waals surface area contributed by atoms with Crippen molar-refractivity contribution in [2.24, 2.45) is 0 Å². The minimum absolute atomic E-state index is 0.129. The lowest BCUT2D eigenvalue weighted by Gasteiger charge is -2.11. The molecule has 6 heteroatoms. The highest BCUT2D eigenvalue weighted by Gasteiger charge is 2.36. The van der Waals surface area contributed by atoms with Crippen molar-refractivity contribution in [3.8, 4) is 0 Å². The average Bonchev–Trinajstić information content (AvgIpc) is 3.04. The molecule has 1 heterocycles. The Bertz CT molecular complexity index is 450. The summed E-state index contributed by atoms with van der Waals surface area (Å²) in [4.78, 5) is 23.4. The Balaban J connectivity index is 1.93. The first-order chi connectivity index (χ1) is 13.2. The molecule has 1 unspecified atom stereocenters. The largest absolute Gasteiger partial charge is 0.465 e.